The van der Waals surface area contributed by atoms with E-state index in [1.807, 2.05) is 54.6 Å². The number of hydrogen-bond acceptors (Lipinski definition) is 4. The molecule has 2 aliphatic rings. The van der Waals surface area contributed by atoms with Crippen LogP contribution in [0.25, 0.3) is 10.9 Å². The molecule has 1 amide bonds. The van der Waals surface area contributed by atoms with E-state index in [9.17, 15) is 4.79 Å². The SMILES string of the molecule is NC1(C(=O)Nc2ccc(Oc3ccnc4ccccc34)cc2)CC2(CCC2)C1. The van der Waals surface area contributed by atoms with Gasteiger partial charge in [0.25, 0.3) is 0 Å². The minimum Gasteiger partial charge on any atom is -0.457 e. The molecular weight excluding hydrogens is 350 g/mol. The van der Waals surface area contributed by atoms with Crippen LogP contribution in [0.4, 0.5) is 5.69 Å². The summed E-state index contributed by atoms with van der Waals surface area (Å²) in [5.41, 5.74) is 7.59. The van der Waals surface area contributed by atoms with Gasteiger partial charge in [0.2, 0.25) is 5.91 Å². The molecule has 2 aromatic carbocycles. The third kappa shape index (κ3) is 2.92. The monoisotopic (exact) mass is 373 g/mol. The number of nitrogens with two attached hydrogens (primary N) is 1. The van der Waals surface area contributed by atoms with E-state index >= 15 is 0 Å². The Bertz CT molecular complexity index is 1030. The van der Waals surface area contributed by atoms with Gasteiger partial charge in [-0.2, -0.15) is 0 Å². The highest BCUT2D eigenvalue weighted by Crippen LogP contribution is 2.59. The number of pyridine rings is 1. The van der Waals surface area contributed by atoms with Crippen molar-refractivity contribution in [3.8, 4) is 11.5 Å². The normalized spacial score (nSPS) is 18.9. The van der Waals surface area contributed by atoms with Gasteiger partial charge in [0, 0.05) is 17.3 Å². The number of amides is 1. The molecule has 28 heavy (non-hydrogen) atoms. The Morgan fingerprint density at radius 3 is 2.50 bits per heavy atom. The molecule has 1 aromatic heterocycles. The molecule has 1 spiro atoms. The van der Waals surface area contributed by atoms with Crippen molar-refractivity contribution in [1.29, 1.82) is 0 Å². The van der Waals surface area contributed by atoms with Gasteiger partial charge in [0.1, 0.15) is 11.5 Å². The maximum Gasteiger partial charge on any atom is 0.244 e. The molecule has 0 aliphatic heterocycles. The van der Waals surface area contributed by atoms with Crippen LogP contribution in [0.3, 0.4) is 0 Å². The highest BCUT2D eigenvalue weighted by molar-refractivity contribution is 5.99. The number of benzene rings is 2. The Kier molecular flexibility index (Phi) is 3.88. The molecule has 3 N–H and O–H groups in total. The molecule has 5 nitrogen and oxygen atoms in total. The third-order valence-electron chi connectivity index (χ3n) is 6.20. The lowest BCUT2D eigenvalue weighted by Gasteiger charge is -2.58. The van der Waals surface area contributed by atoms with Crippen molar-refractivity contribution < 1.29 is 9.53 Å². The molecular formula is C23H23N3O2. The predicted octanol–water partition coefficient (Wildman–Crippen LogP) is 4.63. The van der Waals surface area contributed by atoms with E-state index in [2.05, 4.69) is 10.3 Å². The fraction of sp³-hybridized carbons (Fsp3) is 0.304. The zero-order valence-electron chi connectivity index (χ0n) is 15.7. The van der Waals surface area contributed by atoms with E-state index in [0.29, 0.717) is 11.2 Å². The highest BCUT2D eigenvalue weighted by Gasteiger charge is 2.58. The number of rotatable bonds is 4. The van der Waals surface area contributed by atoms with E-state index in [0.717, 1.165) is 35.2 Å². The van der Waals surface area contributed by atoms with Crippen LogP contribution >= 0.6 is 0 Å². The van der Waals surface area contributed by atoms with Crippen molar-refractivity contribution in [2.45, 2.75) is 37.6 Å². The first-order valence-electron chi connectivity index (χ1n) is 9.77. The van der Waals surface area contributed by atoms with Crippen molar-refractivity contribution in [2.24, 2.45) is 11.1 Å². The van der Waals surface area contributed by atoms with E-state index < -0.39 is 5.54 Å². The molecule has 5 heteroatoms. The molecule has 0 saturated heterocycles. The molecule has 0 unspecified atom stereocenters. The summed E-state index contributed by atoms with van der Waals surface area (Å²) < 4.78 is 6.02. The second-order valence-electron chi connectivity index (χ2n) is 8.27. The van der Waals surface area contributed by atoms with Crippen molar-refractivity contribution in [3.05, 3.63) is 60.8 Å². The number of carbonyl (C=O) groups is 1. The van der Waals surface area contributed by atoms with Crippen LogP contribution in [0.15, 0.2) is 60.8 Å². The van der Waals surface area contributed by atoms with Gasteiger partial charge >= 0.3 is 0 Å². The van der Waals surface area contributed by atoms with Crippen LogP contribution in [0.1, 0.15) is 32.1 Å². The number of nitrogens with one attached hydrogen (secondary N) is 1. The lowest BCUT2D eigenvalue weighted by atomic mass is 9.48. The minimum atomic E-state index is -0.717. The second kappa shape index (κ2) is 6.31. The van der Waals surface area contributed by atoms with Gasteiger partial charge in [0.05, 0.1) is 11.1 Å². The predicted molar refractivity (Wildman–Crippen MR) is 109 cm³/mol. The van der Waals surface area contributed by atoms with E-state index in [4.69, 9.17) is 10.5 Å². The van der Waals surface area contributed by atoms with Gasteiger partial charge in [0.15, 0.2) is 0 Å². The van der Waals surface area contributed by atoms with Crippen molar-refractivity contribution in [2.75, 3.05) is 5.32 Å². The Hall–Kier alpha value is -2.92. The average molecular weight is 373 g/mol. The number of ether oxygens (including phenoxy) is 1. The first-order chi connectivity index (χ1) is 13.6. The summed E-state index contributed by atoms with van der Waals surface area (Å²) in [5.74, 6) is 1.37. The van der Waals surface area contributed by atoms with Crippen LogP contribution in [0.2, 0.25) is 0 Å². The summed E-state index contributed by atoms with van der Waals surface area (Å²) in [6.07, 6.45) is 7.06. The lowest BCUT2D eigenvalue weighted by Crippen LogP contribution is -2.66. The topological polar surface area (TPSA) is 77.2 Å². The van der Waals surface area contributed by atoms with E-state index in [1.165, 1.54) is 19.3 Å². The third-order valence-corrected chi connectivity index (χ3v) is 6.20. The first kappa shape index (κ1) is 17.2. The van der Waals surface area contributed by atoms with Crippen molar-refractivity contribution in [1.82, 2.24) is 4.98 Å². The minimum absolute atomic E-state index is 0.0844. The van der Waals surface area contributed by atoms with Gasteiger partial charge in [-0.25, -0.2) is 0 Å². The van der Waals surface area contributed by atoms with Gasteiger partial charge in [-0.05, 0) is 73.6 Å². The van der Waals surface area contributed by atoms with Gasteiger partial charge in [-0.15, -0.1) is 0 Å². The molecule has 0 atom stereocenters. The quantitative estimate of drug-likeness (QED) is 0.699. The summed E-state index contributed by atoms with van der Waals surface area (Å²) in [4.78, 5) is 16.9. The number of aromatic nitrogens is 1. The molecule has 2 saturated carbocycles. The molecule has 3 aromatic rings. The molecule has 2 fully saturated rings. The number of hydrogen-bond donors (Lipinski definition) is 2. The van der Waals surface area contributed by atoms with Crippen molar-refractivity contribution >= 4 is 22.5 Å². The standard InChI is InChI=1S/C23H23N3O2/c24-23(14-22(15-23)11-3-12-22)21(27)26-16-6-8-17(9-7-16)28-20-10-13-25-19-5-2-1-4-18(19)20/h1-2,4-10,13H,3,11-12,14-15,24H2,(H,26,27). The van der Waals surface area contributed by atoms with E-state index in [-0.39, 0.29) is 5.91 Å². The lowest BCUT2D eigenvalue weighted by molar-refractivity contribution is -0.135. The Morgan fingerprint density at radius 2 is 1.79 bits per heavy atom. The van der Waals surface area contributed by atoms with Gasteiger partial charge in [-0.1, -0.05) is 18.6 Å². The fourth-order valence-electron chi connectivity index (χ4n) is 4.62. The number of para-hydroxylation sites is 1. The van der Waals surface area contributed by atoms with Crippen molar-refractivity contribution in [3.63, 3.8) is 0 Å². The summed E-state index contributed by atoms with van der Waals surface area (Å²) in [7, 11) is 0. The number of nitrogens with zero attached hydrogens (tertiary/aromatic N) is 1. The number of anilines is 1. The Balaban J connectivity index is 1.26. The van der Waals surface area contributed by atoms with Crippen LogP contribution in [-0.4, -0.2) is 16.4 Å². The summed E-state index contributed by atoms with van der Waals surface area (Å²) >= 11 is 0. The maximum atomic E-state index is 12.6. The summed E-state index contributed by atoms with van der Waals surface area (Å²) in [5, 5.41) is 3.92. The molecule has 0 bridgehead atoms. The van der Waals surface area contributed by atoms with Gasteiger partial charge in [-0.3, -0.25) is 9.78 Å². The summed E-state index contributed by atoms with van der Waals surface area (Å²) in [6.45, 7) is 0. The Morgan fingerprint density at radius 1 is 1.04 bits per heavy atom. The molecule has 5 rings (SSSR count). The van der Waals surface area contributed by atoms with E-state index in [1.54, 1.807) is 6.20 Å². The second-order valence-corrected chi connectivity index (χ2v) is 8.27. The average Bonchev–Trinajstić information content (AvgIpc) is 2.66. The number of fused-ring (bicyclic) bond motifs is 1. The molecule has 2 aliphatic carbocycles. The maximum absolute atomic E-state index is 12.6. The van der Waals surface area contributed by atoms with Crippen LogP contribution in [-0.2, 0) is 4.79 Å². The molecule has 1 heterocycles. The molecule has 142 valence electrons. The highest BCUT2D eigenvalue weighted by atomic mass is 16.5. The zero-order chi connectivity index (χ0) is 19.2. The number of carbonyl (C=O) groups excluding carboxylic acids is 1. The summed E-state index contributed by atoms with van der Waals surface area (Å²) in [6, 6.07) is 17.1. The molecule has 0 radical (unpaired) electrons. The smallest absolute Gasteiger partial charge is 0.244 e. The van der Waals surface area contributed by atoms with Crippen LogP contribution in [0.5, 0.6) is 11.5 Å². The van der Waals surface area contributed by atoms with Crippen LogP contribution in [0, 0.1) is 5.41 Å². The Labute approximate surface area is 163 Å². The largest absolute Gasteiger partial charge is 0.457 e. The first-order valence-corrected chi connectivity index (χ1v) is 9.77. The zero-order valence-corrected chi connectivity index (χ0v) is 15.7. The van der Waals surface area contributed by atoms with Gasteiger partial charge < -0.3 is 15.8 Å². The fourth-order valence-corrected chi connectivity index (χ4v) is 4.62. The van der Waals surface area contributed by atoms with Crippen LogP contribution < -0.4 is 15.8 Å².